The van der Waals surface area contributed by atoms with Gasteiger partial charge in [0.15, 0.2) is 0 Å². The van der Waals surface area contributed by atoms with Gasteiger partial charge in [-0.3, -0.25) is 9.59 Å². The molecule has 3 amide bonds. The molecule has 1 saturated carbocycles. The Morgan fingerprint density at radius 1 is 1.30 bits per heavy atom. The summed E-state index contributed by atoms with van der Waals surface area (Å²) in [6.07, 6.45) is 1.37. The molecular formula is C12H19N3O5. The molecule has 0 spiro atoms. The van der Waals surface area contributed by atoms with Gasteiger partial charge < -0.3 is 25.4 Å². The molecule has 20 heavy (non-hydrogen) atoms. The number of ether oxygens (including phenoxy) is 1. The summed E-state index contributed by atoms with van der Waals surface area (Å²) in [5, 5.41) is 14.0. The zero-order valence-corrected chi connectivity index (χ0v) is 11.1. The Morgan fingerprint density at radius 2 is 2.05 bits per heavy atom. The first kappa shape index (κ1) is 14.6. The van der Waals surface area contributed by atoms with Crippen molar-refractivity contribution in [3.8, 4) is 0 Å². The van der Waals surface area contributed by atoms with E-state index in [0.29, 0.717) is 13.2 Å². The maximum Gasteiger partial charge on any atom is 0.318 e. The van der Waals surface area contributed by atoms with Crippen molar-refractivity contribution in [3.63, 3.8) is 0 Å². The molecule has 0 bridgehead atoms. The number of nitrogens with one attached hydrogen (secondary N) is 2. The number of carboxylic acid groups (broad SMARTS) is 1. The van der Waals surface area contributed by atoms with Crippen molar-refractivity contribution in [2.45, 2.75) is 31.4 Å². The highest BCUT2D eigenvalue weighted by atomic mass is 16.5. The second kappa shape index (κ2) is 6.56. The number of rotatable bonds is 5. The number of hydrogen-bond donors (Lipinski definition) is 3. The van der Waals surface area contributed by atoms with Crippen molar-refractivity contribution < 1.29 is 24.2 Å². The smallest absolute Gasteiger partial charge is 0.318 e. The van der Waals surface area contributed by atoms with Crippen molar-refractivity contribution in [2.24, 2.45) is 0 Å². The van der Waals surface area contributed by atoms with E-state index >= 15 is 0 Å². The van der Waals surface area contributed by atoms with Gasteiger partial charge in [-0.15, -0.1) is 0 Å². The Bertz CT molecular complexity index is 397. The molecule has 112 valence electrons. The number of urea groups is 1. The molecule has 2 rings (SSSR count). The standard InChI is InChI=1S/C12H19N3O5/c16-10(14-8-1-2-8)6-13-12(19)15-3-4-20-9(7-15)5-11(17)18/h8-9H,1-7H2,(H,13,19)(H,14,16)(H,17,18). The van der Waals surface area contributed by atoms with E-state index in [2.05, 4.69) is 10.6 Å². The number of amides is 3. The number of carbonyl (C=O) groups excluding carboxylic acids is 2. The van der Waals surface area contributed by atoms with Gasteiger partial charge in [0, 0.05) is 19.1 Å². The predicted molar refractivity (Wildman–Crippen MR) is 68.1 cm³/mol. The van der Waals surface area contributed by atoms with Crippen LogP contribution in [0.4, 0.5) is 4.79 Å². The molecule has 1 aliphatic carbocycles. The molecule has 0 aromatic carbocycles. The number of carbonyl (C=O) groups is 3. The SMILES string of the molecule is O=C(O)CC1CN(C(=O)NCC(=O)NC2CC2)CCO1. The van der Waals surface area contributed by atoms with Crippen molar-refractivity contribution in [2.75, 3.05) is 26.2 Å². The third kappa shape index (κ3) is 4.69. The lowest BCUT2D eigenvalue weighted by atomic mass is 10.2. The van der Waals surface area contributed by atoms with Crippen LogP contribution in [0.2, 0.25) is 0 Å². The van der Waals surface area contributed by atoms with Crippen molar-refractivity contribution in [1.82, 2.24) is 15.5 Å². The molecule has 1 heterocycles. The second-order valence-corrected chi connectivity index (χ2v) is 5.04. The third-order valence-electron chi connectivity index (χ3n) is 3.17. The first-order chi connectivity index (χ1) is 9.54. The van der Waals surface area contributed by atoms with Crippen molar-refractivity contribution in [3.05, 3.63) is 0 Å². The van der Waals surface area contributed by atoms with Gasteiger partial charge >= 0.3 is 12.0 Å². The molecule has 8 heteroatoms. The minimum absolute atomic E-state index is 0.0592. The Hall–Kier alpha value is -1.83. The first-order valence-electron chi connectivity index (χ1n) is 6.70. The summed E-state index contributed by atoms with van der Waals surface area (Å²) in [6.45, 7) is 0.866. The van der Waals surface area contributed by atoms with Gasteiger partial charge in [0.1, 0.15) is 0 Å². The molecule has 0 radical (unpaired) electrons. The second-order valence-electron chi connectivity index (χ2n) is 5.04. The molecule has 1 atom stereocenters. The highest BCUT2D eigenvalue weighted by molar-refractivity contribution is 5.84. The predicted octanol–water partition coefficient (Wildman–Crippen LogP) is -0.850. The van der Waals surface area contributed by atoms with Gasteiger partial charge in [-0.1, -0.05) is 0 Å². The van der Waals surface area contributed by atoms with E-state index in [1.807, 2.05) is 0 Å². The lowest BCUT2D eigenvalue weighted by molar-refractivity contribution is -0.141. The topological polar surface area (TPSA) is 108 Å². The number of nitrogens with zero attached hydrogens (tertiary/aromatic N) is 1. The van der Waals surface area contributed by atoms with Gasteiger partial charge in [0.25, 0.3) is 0 Å². The van der Waals surface area contributed by atoms with Crippen LogP contribution in [0, 0.1) is 0 Å². The molecule has 2 fully saturated rings. The van der Waals surface area contributed by atoms with Crippen LogP contribution in [0.1, 0.15) is 19.3 Å². The normalized spacial score (nSPS) is 22.2. The quantitative estimate of drug-likeness (QED) is 0.610. The van der Waals surface area contributed by atoms with Crippen LogP contribution < -0.4 is 10.6 Å². The lowest BCUT2D eigenvalue weighted by Crippen LogP contribution is -2.51. The van der Waals surface area contributed by atoms with E-state index in [1.54, 1.807) is 0 Å². The lowest BCUT2D eigenvalue weighted by Gasteiger charge is -2.32. The van der Waals surface area contributed by atoms with Crippen LogP contribution in [-0.2, 0) is 14.3 Å². The molecule has 0 aromatic heterocycles. The first-order valence-corrected chi connectivity index (χ1v) is 6.70. The number of hydrogen-bond acceptors (Lipinski definition) is 4. The molecule has 1 aliphatic heterocycles. The van der Waals surface area contributed by atoms with Crippen LogP contribution in [0.25, 0.3) is 0 Å². The highest BCUT2D eigenvalue weighted by Crippen LogP contribution is 2.18. The Kier molecular flexibility index (Phi) is 4.78. The number of aliphatic carboxylic acids is 1. The molecule has 2 aliphatic rings. The molecular weight excluding hydrogens is 266 g/mol. The zero-order chi connectivity index (χ0) is 14.5. The molecule has 0 aromatic rings. The summed E-state index contributed by atoms with van der Waals surface area (Å²) in [5.74, 6) is -1.16. The highest BCUT2D eigenvalue weighted by Gasteiger charge is 2.27. The van der Waals surface area contributed by atoms with Crippen molar-refractivity contribution in [1.29, 1.82) is 0 Å². The summed E-state index contributed by atoms with van der Waals surface area (Å²) in [5.41, 5.74) is 0. The van der Waals surface area contributed by atoms with Crippen LogP contribution >= 0.6 is 0 Å². The third-order valence-corrected chi connectivity index (χ3v) is 3.17. The van der Waals surface area contributed by atoms with E-state index in [1.165, 1.54) is 4.90 Å². The summed E-state index contributed by atoms with van der Waals surface area (Å²) in [6, 6.07) is -0.0997. The Labute approximate surface area is 116 Å². The minimum Gasteiger partial charge on any atom is -0.481 e. The van der Waals surface area contributed by atoms with E-state index in [0.717, 1.165) is 12.8 Å². The number of morpholine rings is 1. The zero-order valence-electron chi connectivity index (χ0n) is 11.1. The molecule has 1 saturated heterocycles. The van der Waals surface area contributed by atoms with Crippen LogP contribution in [0.5, 0.6) is 0 Å². The molecule has 8 nitrogen and oxygen atoms in total. The van der Waals surface area contributed by atoms with Crippen LogP contribution in [0.3, 0.4) is 0 Å². The van der Waals surface area contributed by atoms with E-state index < -0.39 is 12.1 Å². The van der Waals surface area contributed by atoms with Crippen molar-refractivity contribution >= 4 is 17.9 Å². The minimum atomic E-state index is -0.957. The largest absolute Gasteiger partial charge is 0.481 e. The number of carboxylic acids is 1. The van der Waals surface area contributed by atoms with Crippen LogP contribution in [-0.4, -0.2) is 66.3 Å². The summed E-state index contributed by atoms with van der Waals surface area (Å²) in [7, 11) is 0. The average Bonchev–Trinajstić information content (AvgIpc) is 3.19. The fraction of sp³-hybridized carbons (Fsp3) is 0.750. The fourth-order valence-corrected chi connectivity index (χ4v) is 2.00. The summed E-state index contributed by atoms with van der Waals surface area (Å²) in [4.78, 5) is 35.4. The van der Waals surface area contributed by atoms with E-state index in [4.69, 9.17) is 9.84 Å². The van der Waals surface area contributed by atoms with Gasteiger partial charge in [-0.05, 0) is 12.8 Å². The average molecular weight is 285 g/mol. The fourth-order valence-electron chi connectivity index (χ4n) is 2.00. The van der Waals surface area contributed by atoms with Gasteiger partial charge in [0.2, 0.25) is 5.91 Å². The van der Waals surface area contributed by atoms with Gasteiger partial charge in [-0.2, -0.15) is 0 Å². The van der Waals surface area contributed by atoms with Gasteiger partial charge in [0.05, 0.1) is 25.7 Å². The van der Waals surface area contributed by atoms with E-state index in [9.17, 15) is 14.4 Å². The molecule has 1 unspecified atom stereocenters. The Morgan fingerprint density at radius 3 is 2.70 bits per heavy atom. The molecule has 3 N–H and O–H groups in total. The maximum atomic E-state index is 11.9. The Balaban J connectivity index is 1.70. The van der Waals surface area contributed by atoms with Gasteiger partial charge in [-0.25, -0.2) is 4.79 Å². The van der Waals surface area contributed by atoms with Crippen LogP contribution in [0.15, 0.2) is 0 Å². The summed E-state index contributed by atoms with van der Waals surface area (Å²) < 4.78 is 5.27. The maximum absolute atomic E-state index is 11.9. The van der Waals surface area contributed by atoms with E-state index in [-0.39, 0.29) is 37.5 Å². The summed E-state index contributed by atoms with van der Waals surface area (Å²) >= 11 is 0. The monoisotopic (exact) mass is 285 g/mol.